The van der Waals surface area contributed by atoms with Crippen LogP contribution in [-0.4, -0.2) is 27.6 Å². The Balaban J connectivity index is 0.00000324. The highest BCUT2D eigenvalue weighted by atomic mass is 35.7. The molecule has 0 N–H and O–H groups in total. The van der Waals surface area contributed by atoms with Crippen molar-refractivity contribution in [3.63, 3.8) is 0 Å². The van der Waals surface area contributed by atoms with E-state index in [4.69, 9.17) is 138 Å². The molecule has 0 atom stereocenters. The summed E-state index contributed by atoms with van der Waals surface area (Å²) < 4.78 is -11.5. The minimum atomic E-state index is -4.10. The molecule has 19 heavy (non-hydrogen) atoms. The molecule has 1 fully saturated rings. The van der Waals surface area contributed by atoms with Crippen LogP contribution in [0, 0.1) is 0 Å². The van der Waals surface area contributed by atoms with E-state index in [1.165, 1.54) is 0 Å². The summed E-state index contributed by atoms with van der Waals surface area (Å²) in [6.45, 7) is -4.10. The Bertz CT molecular complexity index is 252. The third kappa shape index (κ3) is 2.61. The maximum absolute atomic E-state index is 6.07. The molecule has 0 spiro atoms. The van der Waals surface area contributed by atoms with Crippen molar-refractivity contribution in [1.29, 1.82) is 0 Å². The van der Waals surface area contributed by atoms with Crippen LogP contribution < -0.4 is 0 Å². The second-order valence-corrected chi connectivity index (χ2v) is 18.0. The van der Waals surface area contributed by atoms with E-state index in [1.807, 2.05) is 0 Å². The van der Waals surface area contributed by atoms with Crippen molar-refractivity contribution in [3.8, 4) is 0 Å². The van der Waals surface area contributed by atoms with Gasteiger partial charge in [-0.2, -0.15) is 0 Å². The first-order valence-corrected chi connectivity index (χ1v) is 11.6. The van der Waals surface area contributed by atoms with Crippen molar-refractivity contribution < 1.29 is 0 Å². The molecule has 0 amide bonds. The Morgan fingerprint density at radius 1 is 0.474 bits per heavy atom. The fraction of sp³-hybridized carbons (Fsp3) is 1.00. The Kier molecular flexibility index (Phi) is 7.33. The minimum absolute atomic E-state index is 0. The molecule has 1 heterocycles. The van der Waals surface area contributed by atoms with E-state index >= 15 is 0 Å². The van der Waals surface area contributed by atoms with Crippen LogP contribution in [0.15, 0.2) is 0 Å². The van der Waals surface area contributed by atoms with Gasteiger partial charge in [0.2, 0.25) is 0 Å². The molecule has 1 rings (SSSR count). The zero-order chi connectivity index (χ0) is 15.0. The van der Waals surface area contributed by atoms with Crippen LogP contribution in [0.2, 0.25) is 0 Å². The van der Waals surface area contributed by atoms with Gasteiger partial charge in [-0.3, -0.25) is 0 Å². The van der Waals surface area contributed by atoms with Gasteiger partial charge in [0.25, 0.3) is 0 Å². The average molecular weight is 550 g/mol. The van der Waals surface area contributed by atoms with Gasteiger partial charge in [0.1, 0.15) is 0 Å². The molecule has 0 bridgehead atoms. The van der Waals surface area contributed by atoms with E-state index in [-0.39, 0.29) is 12.4 Å². The molecule has 1 saturated heterocycles. The highest BCUT2D eigenvalue weighted by Crippen LogP contribution is 2.75. The Morgan fingerprint density at radius 3 is 0.895 bits per heavy atom. The molecule has 0 aromatic carbocycles. The van der Waals surface area contributed by atoms with Gasteiger partial charge >= 0.3 is 6.69 Å². The van der Waals surface area contributed by atoms with Crippen LogP contribution >= 0.6 is 151 Å². The molecule has 0 unspecified atom stereocenters. The molecular formula is C5HCl13Si. The average Bonchev–Trinajstić information content (AvgIpc) is 2.14. The zero-order valence-electron chi connectivity index (χ0n) is 7.94. The third-order valence-corrected chi connectivity index (χ3v) is 20.5. The predicted molar refractivity (Wildman–Crippen MR) is 96.9 cm³/mol. The lowest BCUT2D eigenvalue weighted by Crippen LogP contribution is -2.81. The molecule has 0 nitrogen and oxygen atoms in total. The summed E-state index contributed by atoms with van der Waals surface area (Å²) in [5.74, 6) is 0. The van der Waals surface area contributed by atoms with Crippen molar-refractivity contribution in [3.05, 3.63) is 0 Å². The lowest BCUT2D eigenvalue weighted by atomic mass is 10.2. The van der Waals surface area contributed by atoms with Crippen molar-refractivity contribution >= 4 is 157 Å². The largest absolute Gasteiger partial charge is 0.327 e. The molecule has 0 aromatic heterocycles. The highest BCUT2D eigenvalue weighted by Gasteiger charge is 2.89. The first-order valence-electron chi connectivity index (χ1n) is 3.77. The summed E-state index contributed by atoms with van der Waals surface area (Å²) in [7, 11) is 0. The fourth-order valence-electron chi connectivity index (χ4n) is 1.18. The first-order chi connectivity index (χ1) is 7.50. The van der Waals surface area contributed by atoms with Gasteiger partial charge in [-0.25, -0.2) is 0 Å². The van der Waals surface area contributed by atoms with Gasteiger partial charge in [0.05, 0.1) is 0 Å². The zero-order valence-corrected chi connectivity index (χ0v) is 18.8. The monoisotopic (exact) mass is 544 g/mol. The van der Waals surface area contributed by atoms with Gasteiger partial charge in [-0.15, -0.1) is 34.6 Å². The smallest absolute Gasteiger partial charge is 0.147 e. The normalized spacial score (nSPS) is 32.2. The standard InChI is InChI=1S/C5Cl12Si.ClH/c6-1(7)2(8,9)4(12,13)18(16,17)5(14,15)3(1,10)11;/h;1H. The highest BCUT2D eigenvalue weighted by molar-refractivity contribution is 7.55. The number of alkyl halides is 10. The van der Waals surface area contributed by atoms with E-state index in [2.05, 4.69) is 0 Å². The lowest BCUT2D eigenvalue weighted by molar-refractivity contribution is 0.541. The number of hydrogen-bond donors (Lipinski definition) is 0. The van der Waals surface area contributed by atoms with Crippen LogP contribution in [0.1, 0.15) is 0 Å². The Hall–Kier alpha value is 3.99. The molecule has 1 aliphatic heterocycles. The summed E-state index contributed by atoms with van der Waals surface area (Å²) in [5.41, 5.74) is 0. The quantitative estimate of drug-likeness (QED) is 0.169. The molecule has 0 aliphatic carbocycles. The summed E-state index contributed by atoms with van der Waals surface area (Å²) in [6.07, 6.45) is 0. The van der Waals surface area contributed by atoms with Crippen LogP contribution in [0.3, 0.4) is 0 Å². The van der Waals surface area contributed by atoms with Gasteiger partial charge in [0, 0.05) is 0 Å². The molecule has 0 aromatic rings. The fourth-order valence-corrected chi connectivity index (χ4v) is 12.2. The van der Waals surface area contributed by atoms with Gasteiger partial charge in [-0.1, -0.05) is 116 Å². The Labute approximate surface area is 176 Å². The second kappa shape index (κ2) is 6.06. The topological polar surface area (TPSA) is 0 Å². The SMILES string of the molecule is Cl.ClC1(Cl)C(Cl)(Cl)C(Cl)(Cl)[Si](Cl)(Cl)C(Cl)(Cl)C1(Cl)Cl. The number of halogens is 13. The van der Waals surface area contributed by atoms with Crippen molar-refractivity contribution in [1.82, 2.24) is 0 Å². The molecule has 1 aliphatic rings. The van der Waals surface area contributed by atoms with E-state index < -0.39 is 27.6 Å². The predicted octanol–water partition coefficient (Wildman–Crippen LogP) is 7.29. The van der Waals surface area contributed by atoms with E-state index in [1.54, 1.807) is 0 Å². The van der Waals surface area contributed by atoms with Gasteiger partial charge < -0.3 is 0 Å². The number of rotatable bonds is 0. The van der Waals surface area contributed by atoms with E-state index in [0.717, 1.165) is 0 Å². The number of hydrogen-bond acceptors (Lipinski definition) is 0. The third-order valence-electron chi connectivity index (χ3n) is 2.37. The van der Waals surface area contributed by atoms with Gasteiger partial charge in [-0.05, 0) is 0 Å². The van der Waals surface area contributed by atoms with Crippen LogP contribution in [-0.2, 0) is 0 Å². The van der Waals surface area contributed by atoms with Crippen molar-refractivity contribution in [2.45, 2.75) is 20.9 Å². The van der Waals surface area contributed by atoms with Crippen LogP contribution in [0.4, 0.5) is 0 Å². The Morgan fingerprint density at radius 2 is 0.684 bits per heavy atom. The minimum Gasteiger partial charge on any atom is -0.147 e. The van der Waals surface area contributed by atoms with Crippen LogP contribution in [0.25, 0.3) is 0 Å². The van der Waals surface area contributed by atoms with E-state index in [9.17, 15) is 0 Å². The second-order valence-electron chi connectivity index (χ2n) is 3.45. The summed E-state index contributed by atoms with van der Waals surface area (Å²) in [6, 6.07) is 0. The first kappa shape index (κ1) is 23.0. The summed E-state index contributed by atoms with van der Waals surface area (Å²) in [5, 5.41) is 0. The maximum atomic E-state index is 6.07. The van der Waals surface area contributed by atoms with Gasteiger partial charge in [0.15, 0.2) is 20.9 Å². The summed E-state index contributed by atoms with van der Waals surface area (Å²) in [4.78, 5) is 0. The summed E-state index contributed by atoms with van der Waals surface area (Å²) >= 11 is 71.9. The van der Waals surface area contributed by atoms with E-state index in [0.29, 0.717) is 0 Å². The molecule has 14 heteroatoms. The van der Waals surface area contributed by atoms with Crippen molar-refractivity contribution in [2.75, 3.05) is 0 Å². The van der Waals surface area contributed by atoms with Crippen molar-refractivity contribution in [2.24, 2.45) is 0 Å². The molecule has 0 saturated carbocycles. The lowest BCUT2D eigenvalue weighted by Gasteiger charge is -2.59. The molecule has 0 radical (unpaired) electrons. The molecular weight excluding hydrogens is 549 g/mol. The van der Waals surface area contributed by atoms with Crippen LogP contribution in [0.5, 0.6) is 0 Å². The maximum Gasteiger partial charge on any atom is 0.327 e. The molecule has 116 valence electrons.